The van der Waals surface area contributed by atoms with Gasteiger partial charge in [0.2, 0.25) is 5.91 Å². The van der Waals surface area contributed by atoms with Crippen LogP contribution in [0.5, 0.6) is 0 Å². The zero-order valence-corrected chi connectivity index (χ0v) is 16.3. The van der Waals surface area contributed by atoms with E-state index in [2.05, 4.69) is 51.2 Å². The summed E-state index contributed by atoms with van der Waals surface area (Å²) >= 11 is 0. The van der Waals surface area contributed by atoms with E-state index in [9.17, 15) is 4.79 Å². The number of nitrogens with zero attached hydrogens (tertiary/aromatic N) is 5. The molecule has 146 valence electrons. The molecule has 2 aromatic rings. The summed E-state index contributed by atoms with van der Waals surface area (Å²) in [5, 5.41) is 12.1. The fourth-order valence-corrected chi connectivity index (χ4v) is 3.78. The maximum absolute atomic E-state index is 12.1. The Bertz CT molecular complexity index is 775. The number of hydrogen-bond acceptors (Lipinski definition) is 4. The third-order valence-corrected chi connectivity index (χ3v) is 5.49. The average Bonchev–Trinajstić information content (AvgIpc) is 3.18. The highest BCUT2D eigenvalue weighted by molar-refractivity contribution is 5.76. The van der Waals surface area contributed by atoms with E-state index < -0.39 is 0 Å². The Morgan fingerprint density at radius 3 is 2.85 bits per heavy atom. The molecule has 1 atom stereocenters. The molecule has 1 fully saturated rings. The van der Waals surface area contributed by atoms with Crippen LogP contribution in [0.25, 0.3) is 0 Å². The second-order valence-electron chi connectivity index (χ2n) is 8.41. The van der Waals surface area contributed by atoms with E-state index in [4.69, 9.17) is 0 Å². The summed E-state index contributed by atoms with van der Waals surface area (Å²) in [7, 11) is 0. The molecule has 3 heterocycles. The lowest BCUT2D eigenvalue weighted by Gasteiger charge is -2.23. The van der Waals surface area contributed by atoms with E-state index in [0.717, 1.165) is 26.2 Å². The topological polar surface area (TPSA) is 68.0 Å². The Kier molecular flexibility index (Phi) is 5.29. The van der Waals surface area contributed by atoms with E-state index >= 15 is 0 Å². The van der Waals surface area contributed by atoms with Crippen molar-refractivity contribution in [3.8, 4) is 0 Å². The molecule has 2 aliphatic rings. The summed E-state index contributed by atoms with van der Waals surface area (Å²) in [5.41, 5.74) is 2.46. The number of amides is 1. The fourth-order valence-electron chi connectivity index (χ4n) is 3.78. The van der Waals surface area contributed by atoms with Gasteiger partial charge in [-0.05, 0) is 38.7 Å². The Morgan fingerprint density at radius 2 is 2.11 bits per heavy atom. The molecule has 0 bridgehead atoms. The highest BCUT2D eigenvalue weighted by atomic mass is 16.1. The molecule has 1 aliphatic carbocycles. The van der Waals surface area contributed by atoms with Gasteiger partial charge >= 0.3 is 0 Å². The molecule has 27 heavy (non-hydrogen) atoms. The molecular formula is C20H30N6O. The molecular weight excluding hydrogens is 340 g/mol. The van der Waals surface area contributed by atoms with Crippen molar-refractivity contribution in [1.82, 2.24) is 29.8 Å². The number of carbonyl (C=O) groups is 1. The molecule has 0 saturated heterocycles. The van der Waals surface area contributed by atoms with Crippen LogP contribution in [0.1, 0.15) is 50.4 Å². The lowest BCUT2D eigenvalue weighted by molar-refractivity contribution is -0.121. The van der Waals surface area contributed by atoms with Crippen LogP contribution in [0.4, 0.5) is 0 Å². The van der Waals surface area contributed by atoms with Crippen LogP contribution >= 0.6 is 0 Å². The molecule has 2 aromatic heterocycles. The van der Waals surface area contributed by atoms with Crippen molar-refractivity contribution in [2.75, 3.05) is 13.1 Å². The maximum atomic E-state index is 12.1. The number of fused-ring (bicyclic) bond motifs is 1. The normalized spacial score (nSPS) is 20.5. The standard InChI is InChI=1S/C20H30N6O/c1-15(2)25-12-18(9-23-25)11-24-10-17(8-21-20(27)7-16-3-4-16)13-26-19(14-24)5-6-22-26/h5-6,9,12,15-17H,3-4,7-8,10-11,13-14H2,1-2H3,(H,21,27). The number of carbonyl (C=O) groups excluding carboxylic acids is 1. The van der Waals surface area contributed by atoms with Crippen molar-refractivity contribution < 1.29 is 4.79 Å². The van der Waals surface area contributed by atoms with E-state index in [0.29, 0.717) is 30.8 Å². The van der Waals surface area contributed by atoms with Crippen molar-refractivity contribution in [3.05, 3.63) is 35.9 Å². The second-order valence-corrected chi connectivity index (χ2v) is 8.41. The van der Waals surface area contributed by atoms with E-state index in [1.54, 1.807) is 0 Å². The summed E-state index contributed by atoms with van der Waals surface area (Å²) in [5.74, 6) is 1.19. The first kappa shape index (κ1) is 18.2. The Balaban J connectivity index is 1.40. The van der Waals surface area contributed by atoms with E-state index in [1.807, 2.05) is 17.1 Å². The summed E-state index contributed by atoms with van der Waals surface area (Å²) in [6.07, 6.45) is 9.10. The predicted octanol–water partition coefficient (Wildman–Crippen LogP) is 2.21. The third-order valence-electron chi connectivity index (χ3n) is 5.49. The van der Waals surface area contributed by atoms with Crippen LogP contribution in [-0.4, -0.2) is 43.5 Å². The smallest absolute Gasteiger partial charge is 0.220 e. The first-order valence-electron chi connectivity index (χ1n) is 10.1. The molecule has 1 N–H and O–H groups in total. The van der Waals surface area contributed by atoms with Gasteiger partial charge in [0.15, 0.2) is 0 Å². The minimum atomic E-state index is 0.201. The summed E-state index contributed by atoms with van der Waals surface area (Å²) in [4.78, 5) is 14.5. The highest BCUT2D eigenvalue weighted by Crippen LogP contribution is 2.32. The molecule has 7 heteroatoms. The Morgan fingerprint density at radius 1 is 1.26 bits per heavy atom. The minimum Gasteiger partial charge on any atom is -0.356 e. The summed E-state index contributed by atoms with van der Waals surface area (Å²) < 4.78 is 4.10. The number of nitrogens with one attached hydrogen (secondary N) is 1. The monoisotopic (exact) mass is 370 g/mol. The van der Waals surface area contributed by atoms with Gasteiger partial charge < -0.3 is 5.32 Å². The molecule has 1 aliphatic heterocycles. The maximum Gasteiger partial charge on any atom is 0.220 e. The van der Waals surface area contributed by atoms with Gasteiger partial charge in [0, 0.05) is 69.1 Å². The number of hydrogen-bond donors (Lipinski definition) is 1. The Labute approximate surface area is 160 Å². The van der Waals surface area contributed by atoms with Gasteiger partial charge in [0.05, 0.1) is 11.9 Å². The lowest BCUT2D eigenvalue weighted by Crippen LogP contribution is -2.36. The van der Waals surface area contributed by atoms with Gasteiger partial charge in [-0.2, -0.15) is 10.2 Å². The van der Waals surface area contributed by atoms with Gasteiger partial charge in [0.1, 0.15) is 0 Å². The molecule has 0 radical (unpaired) electrons. The lowest BCUT2D eigenvalue weighted by atomic mass is 10.1. The van der Waals surface area contributed by atoms with Gasteiger partial charge in [-0.3, -0.25) is 19.1 Å². The van der Waals surface area contributed by atoms with Gasteiger partial charge in [-0.1, -0.05) is 0 Å². The highest BCUT2D eigenvalue weighted by Gasteiger charge is 2.26. The molecule has 1 saturated carbocycles. The first-order valence-corrected chi connectivity index (χ1v) is 10.1. The van der Waals surface area contributed by atoms with Crippen molar-refractivity contribution in [1.29, 1.82) is 0 Å². The quantitative estimate of drug-likeness (QED) is 0.811. The fraction of sp³-hybridized carbons (Fsp3) is 0.650. The largest absolute Gasteiger partial charge is 0.356 e. The molecule has 0 aromatic carbocycles. The molecule has 0 spiro atoms. The SMILES string of the molecule is CC(C)n1cc(CN2Cc3ccnn3CC(CNC(=O)CC3CC3)C2)cn1. The van der Waals surface area contributed by atoms with Crippen LogP contribution in [-0.2, 0) is 24.4 Å². The van der Waals surface area contributed by atoms with Crippen molar-refractivity contribution in [3.63, 3.8) is 0 Å². The van der Waals surface area contributed by atoms with Crippen LogP contribution < -0.4 is 5.32 Å². The van der Waals surface area contributed by atoms with Crippen LogP contribution in [0.3, 0.4) is 0 Å². The third kappa shape index (κ3) is 4.77. The molecule has 1 unspecified atom stereocenters. The van der Waals surface area contributed by atoms with Crippen LogP contribution in [0.15, 0.2) is 24.7 Å². The van der Waals surface area contributed by atoms with Crippen molar-refractivity contribution in [2.24, 2.45) is 11.8 Å². The molecule has 7 nitrogen and oxygen atoms in total. The van der Waals surface area contributed by atoms with E-state index in [-0.39, 0.29) is 5.91 Å². The average molecular weight is 371 g/mol. The Hall–Kier alpha value is -2.15. The van der Waals surface area contributed by atoms with Gasteiger partial charge in [0.25, 0.3) is 0 Å². The number of aromatic nitrogens is 4. The van der Waals surface area contributed by atoms with Gasteiger partial charge in [-0.15, -0.1) is 0 Å². The zero-order valence-electron chi connectivity index (χ0n) is 16.3. The zero-order chi connectivity index (χ0) is 18.8. The van der Waals surface area contributed by atoms with E-state index in [1.165, 1.54) is 24.1 Å². The summed E-state index contributed by atoms with van der Waals surface area (Å²) in [6.45, 7) is 8.54. The number of rotatable bonds is 7. The second kappa shape index (κ2) is 7.84. The molecule has 1 amide bonds. The van der Waals surface area contributed by atoms with Crippen LogP contribution in [0, 0.1) is 11.8 Å². The summed E-state index contributed by atoms with van der Waals surface area (Å²) in [6, 6.07) is 2.47. The van der Waals surface area contributed by atoms with Crippen LogP contribution in [0.2, 0.25) is 0 Å². The van der Waals surface area contributed by atoms with Crippen molar-refractivity contribution in [2.45, 2.75) is 58.8 Å². The molecule has 4 rings (SSSR count). The minimum absolute atomic E-state index is 0.201. The van der Waals surface area contributed by atoms with Gasteiger partial charge in [-0.25, -0.2) is 0 Å². The first-order chi connectivity index (χ1) is 13.1. The van der Waals surface area contributed by atoms with Crippen molar-refractivity contribution >= 4 is 5.91 Å². The predicted molar refractivity (Wildman–Crippen MR) is 103 cm³/mol.